The van der Waals surface area contributed by atoms with E-state index in [0.717, 1.165) is 45.2 Å². The third-order valence-electron chi connectivity index (χ3n) is 7.44. The topological polar surface area (TPSA) is 57.7 Å². The summed E-state index contributed by atoms with van der Waals surface area (Å²) < 4.78 is 0. The van der Waals surface area contributed by atoms with Crippen LogP contribution in [0, 0.1) is 35.0 Å². The van der Waals surface area contributed by atoms with E-state index in [1.807, 2.05) is 13.8 Å². The summed E-state index contributed by atoms with van der Waals surface area (Å²) in [7, 11) is 0. The molecule has 0 spiro atoms. The highest BCUT2D eigenvalue weighted by Gasteiger charge is 2.42. The molecule has 3 amide bonds. The maximum Gasteiger partial charge on any atom is 0.233 e. The monoisotopic (exact) mass is 390 g/mol. The molecule has 0 aromatic rings. The van der Waals surface area contributed by atoms with E-state index in [4.69, 9.17) is 0 Å². The molecule has 2 atom stereocenters. The molecule has 3 aliphatic rings. The van der Waals surface area contributed by atoms with Gasteiger partial charge in [0.2, 0.25) is 17.7 Å². The Morgan fingerprint density at radius 2 is 1.71 bits per heavy atom. The fraction of sp³-hybridized carbons (Fsp3) is 0.870. The van der Waals surface area contributed by atoms with Crippen molar-refractivity contribution in [1.29, 1.82) is 0 Å². The fourth-order valence-electron chi connectivity index (χ4n) is 5.20. The first kappa shape index (κ1) is 21.3. The van der Waals surface area contributed by atoms with Crippen molar-refractivity contribution in [3.8, 4) is 0 Å². The van der Waals surface area contributed by atoms with E-state index in [0.29, 0.717) is 30.7 Å². The Hall–Kier alpha value is -1.39. The molecule has 0 aromatic carbocycles. The molecule has 28 heavy (non-hydrogen) atoms. The molecule has 1 aliphatic carbocycles. The first-order chi connectivity index (χ1) is 13.1. The Bertz CT molecular complexity index is 614. The standard InChI is InChI=1S/C23H38N2O3/c1-15(2)19-12-20(26)25(22(19)28)13-16-6-8-17(9-7-16)21(27)24-11-10-18(14-24)23(3,4)5/h15-19H,6-14H2,1-5H3. The van der Waals surface area contributed by atoms with Crippen molar-refractivity contribution in [2.24, 2.45) is 35.0 Å². The van der Waals surface area contributed by atoms with Gasteiger partial charge in [0.05, 0.1) is 0 Å². The van der Waals surface area contributed by atoms with E-state index in [-0.39, 0.29) is 35.0 Å². The molecule has 0 aromatic heterocycles. The largest absolute Gasteiger partial charge is 0.342 e. The second-order valence-corrected chi connectivity index (χ2v) is 10.8. The van der Waals surface area contributed by atoms with Crippen molar-refractivity contribution < 1.29 is 14.4 Å². The van der Waals surface area contributed by atoms with E-state index >= 15 is 0 Å². The number of imide groups is 1. The number of carbonyl (C=O) groups is 3. The van der Waals surface area contributed by atoms with Crippen LogP contribution in [0.4, 0.5) is 0 Å². The third-order valence-corrected chi connectivity index (χ3v) is 7.44. The first-order valence-corrected chi connectivity index (χ1v) is 11.2. The normalized spacial score (nSPS) is 31.9. The minimum Gasteiger partial charge on any atom is -0.342 e. The number of amides is 3. The molecule has 3 rings (SSSR count). The quantitative estimate of drug-likeness (QED) is 0.688. The van der Waals surface area contributed by atoms with Crippen molar-refractivity contribution in [2.75, 3.05) is 19.6 Å². The number of hydrogen-bond acceptors (Lipinski definition) is 3. The number of carbonyl (C=O) groups excluding carboxylic acids is 3. The molecule has 2 unspecified atom stereocenters. The molecule has 5 nitrogen and oxygen atoms in total. The Morgan fingerprint density at radius 3 is 2.21 bits per heavy atom. The first-order valence-electron chi connectivity index (χ1n) is 11.2. The zero-order chi connectivity index (χ0) is 20.6. The van der Waals surface area contributed by atoms with Crippen molar-refractivity contribution >= 4 is 17.7 Å². The predicted octanol–water partition coefficient (Wildman–Crippen LogP) is 3.72. The van der Waals surface area contributed by atoms with Gasteiger partial charge in [0.1, 0.15) is 0 Å². The maximum atomic E-state index is 13.0. The highest BCUT2D eigenvalue weighted by Crippen LogP contribution is 2.37. The molecule has 2 saturated heterocycles. The Morgan fingerprint density at radius 1 is 1.07 bits per heavy atom. The van der Waals surface area contributed by atoms with Gasteiger partial charge in [0.25, 0.3) is 0 Å². The summed E-state index contributed by atoms with van der Waals surface area (Å²) in [5.41, 5.74) is 0.259. The summed E-state index contributed by atoms with van der Waals surface area (Å²) in [4.78, 5) is 41.4. The molecule has 0 radical (unpaired) electrons. The van der Waals surface area contributed by atoms with E-state index in [1.165, 1.54) is 4.90 Å². The number of likely N-dealkylation sites (tertiary alicyclic amines) is 2. The highest BCUT2D eigenvalue weighted by atomic mass is 16.2. The molecular formula is C23H38N2O3. The van der Waals surface area contributed by atoms with Gasteiger partial charge in [-0.1, -0.05) is 34.6 Å². The average Bonchev–Trinajstić information content (AvgIpc) is 3.22. The van der Waals surface area contributed by atoms with Crippen LogP contribution in [0.2, 0.25) is 0 Å². The van der Waals surface area contributed by atoms with Crippen LogP contribution in [0.1, 0.15) is 73.1 Å². The summed E-state index contributed by atoms with van der Waals surface area (Å²) in [5, 5.41) is 0. The van der Waals surface area contributed by atoms with Gasteiger partial charge in [-0.15, -0.1) is 0 Å². The number of hydrogen-bond donors (Lipinski definition) is 0. The van der Waals surface area contributed by atoms with Gasteiger partial charge >= 0.3 is 0 Å². The van der Waals surface area contributed by atoms with Gasteiger partial charge in [-0.3, -0.25) is 19.3 Å². The molecule has 2 aliphatic heterocycles. The minimum atomic E-state index is -0.142. The summed E-state index contributed by atoms with van der Waals surface area (Å²) in [6, 6.07) is 0. The van der Waals surface area contributed by atoms with Crippen LogP contribution in [-0.4, -0.2) is 47.2 Å². The predicted molar refractivity (Wildman–Crippen MR) is 109 cm³/mol. The molecule has 3 fully saturated rings. The van der Waals surface area contributed by atoms with Gasteiger partial charge in [-0.25, -0.2) is 0 Å². The van der Waals surface area contributed by atoms with Crippen LogP contribution in [0.3, 0.4) is 0 Å². The zero-order valence-corrected chi connectivity index (χ0v) is 18.4. The summed E-state index contributed by atoms with van der Waals surface area (Å²) >= 11 is 0. The Labute approximate surface area is 170 Å². The van der Waals surface area contributed by atoms with E-state index in [2.05, 4.69) is 25.7 Å². The van der Waals surface area contributed by atoms with Gasteiger partial charge in [-0.05, 0) is 55.3 Å². The average molecular weight is 391 g/mol. The fourth-order valence-corrected chi connectivity index (χ4v) is 5.20. The zero-order valence-electron chi connectivity index (χ0n) is 18.4. The number of rotatable bonds is 4. The van der Waals surface area contributed by atoms with E-state index < -0.39 is 0 Å². The lowest BCUT2D eigenvalue weighted by Gasteiger charge is -2.33. The van der Waals surface area contributed by atoms with Crippen molar-refractivity contribution in [3.63, 3.8) is 0 Å². The lowest BCUT2D eigenvalue weighted by Crippen LogP contribution is -2.40. The van der Waals surface area contributed by atoms with Gasteiger partial charge in [0.15, 0.2) is 0 Å². The molecule has 5 heteroatoms. The lowest BCUT2D eigenvalue weighted by atomic mass is 9.80. The van der Waals surface area contributed by atoms with E-state index in [1.54, 1.807) is 0 Å². The van der Waals surface area contributed by atoms with Crippen LogP contribution in [0.25, 0.3) is 0 Å². The van der Waals surface area contributed by atoms with Crippen LogP contribution >= 0.6 is 0 Å². The maximum absolute atomic E-state index is 13.0. The van der Waals surface area contributed by atoms with Gasteiger partial charge in [0, 0.05) is 37.9 Å². The van der Waals surface area contributed by atoms with E-state index in [9.17, 15) is 14.4 Å². The molecular weight excluding hydrogens is 352 g/mol. The molecule has 158 valence electrons. The van der Waals surface area contributed by atoms with Crippen molar-refractivity contribution in [1.82, 2.24) is 9.80 Å². The van der Waals surface area contributed by atoms with Crippen LogP contribution in [-0.2, 0) is 14.4 Å². The SMILES string of the molecule is CC(C)C1CC(=O)N(CC2CCC(C(=O)N3CCC(C(C)(C)C)C3)CC2)C1=O. The van der Waals surface area contributed by atoms with Gasteiger partial charge < -0.3 is 4.90 Å². The van der Waals surface area contributed by atoms with Crippen LogP contribution in [0.15, 0.2) is 0 Å². The summed E-state index contributed by atoms with van der Waals surface area (Å²) in [6.45, 7) is 13.2. The van der Waals surface area contributed by atoms with Crippen molar-refractivity contribution in [2.45, 2.75) is 73.1 Å². The van der Waals surface area contributed by atoms with Crippen LogP contribution in [0.5, 0.6) is 0 Å². The van der Waals surface area contributed by atoms with Crippen LogP contribution < -0.4 is 0 Å². The molecule has 1 saturated carbocycles. The molecule has 0 N–H and O–H groups in total. The smallest absolute Gasteiger partial charge is 0.233 e. The highest BCUT2D eigenvalue weighted by molar-refractivity contribution is 6.03. The molecule has 2 heterocycles. The van der Waals surface area contributed by atoms with Crippen molar-refractivity contribution in [3.05, 3.63) is 0 Å². The third kappa shape index (κ3) is 4.44. The number of nitrogens with zero attached hydrogens (tertiary/aromatic N) is 2. The minimum absolute atomic E-state index is 0.00723. The van der Waals surface area contributed by atoms with Gasteiger partial charge in [-0.2, -0.15) is 0 Å². The Balaban J connectivity index is 1.48. The summed E-state index contributed by atoms with van der Waals surface area (Å²) in [6.07, 6.45) is 5.15. The second kappa shape index (κ2) is 8.16. The lowest BCUT2D eigenvalue weighted by molar-refractivity contribution is -0.142. The second-order valence-electron chi connectivity index (χ2n) is 10.8. The Kier molecular flexibility index (Phi) is 6.21. The molecule has 0 bridgehead atoms. The summed E-state index contributed by atoms with van der Waals surface area (Å²) in [5.74, 6) is 1.48.